The summed E-state index contributed by atoms with van der Waals surface area (Å²) in [4.78, 5) is 27.3. The van der Waals surface area contributed by atoms with Crippen LogP contribution in [-0.4, -0.2) is 29.3 Å². The van der Waals surface area contributed by atoms with Gasteiger partial charge >= 0.3 is 0 Å². The van der Waals surface area contributed by atoms with E-state index in [0.29, 0.717) is 31.0 Å². The van der Waals surface area contributed by atoms with E-state index in [1.54, 1.807) is 16.2 Å². The Hall–Kier alpha value is -1.85. The minimum atomic E-state index is -0.107. The van der Waals surface area contributed by atoms with Crippen LogP contribution < -0.4 is 5.32 Å². The van der Waals surface area contributed by atoms with E-state index < -0.39 is 0 Å². The van der Waals surface area contributed by atoms with Gasteiger partial charge in [-0.3, -0.25) is 9.59 Å². The Morgan fingerprint density at radius 3 is 2.88 bits per heavy atom. The molecular formula is C19H21ClN2O2S. The second-order valence-electron chi connectivity index (χ2n) is 6.27. The number of carbonyl (C=O) groups excluding carboxylic acids is 2. The summed E-state index contributed by atoms with van der Waals surface area (Å²) >= 11 is 7.88. The first-order valence-corrected chi connectivity index (χ1v) is 9.70. The summed E-state index contributed by atoms with van der Waals surface area (Å²) in [6, 6.07) is 11.5. The Bertz CT molecular complexity index is 733. The number of nitrogens with one attached hydrogen (secondary N) is 1. The van der Waals surface area contributed by atoms with Gasteiger partial charge < -0.3 is 10.2 Å². The molecule has 0 radical (unpaired) electrons. The Kier molecular flexibility index (Phi) is 6.10. The van der Waals surface area contributed by atoms with Crippen molar-refractivity contribution < 1.29 is 9.59 Å². The molecule has 1 aliphatic heterocycles. The molecule has 6 heteroatoms. The average Bonchev–Trinajstić information content (AvgIpc) is 3.20. The zero-order valence-electron chi connectivity index (χ0n) is 13.9. The quantitative estimate of drug-likeness (QED) is 0.802. The van der Waals surface area contributed by atoms with Crippen LogP contribution in [0.1, 0.15) is 29.7 Å². The van der Waals surface area contributed by atoms with E-state index in [2.05, 4.69) is 11.4 Å². The maximum absolute atomic E-state index is 12.2. The van der Waals surface area contributed by atoms with Crippen molar-refractivity contribution in [3.8, 4) is 0 Å². The van der Waals surface area contributed by atoms with Crippen LogP contribution in [-0.2, 0) is 22.6 Å². The third-order valence-corrected chi connectivity index (χ3v) is 5.61. The zero-order valence-corrected chi connectivity index (χ0v) is 15.5. The molecule has 3 rings (SSSR count). The van der Waals surface area contributed by atoms with Crippen molar-refractivity contribution in [3.63, 3.8) is 0 Å². The van der Waals surface area contributed by atoms with Gasteiger partial charge in [-0.05, 0) is 35.9 Å². The molecule has 1 aliphatic rings. The Labute approximate surface area is 156 Å². The fourth-order valence-corrected chi connectivity index (χ4v) is 3.98. The van der Waals surface area contributed by atoms with Gasteiger partial charge in [0.2, 0.25) is 11.8 Å². The Balaban J connectivity index is 1.44. The van der Waals surface area contributed by atoms with Gasteiger partial charge in [0.05, 0.1) is 6.04 Å². The molecule has 1 saturated heterocycles. The maximum Gasteiger partial charge on any atom is 0.225 e. The van der Waals surface area contributed by atoms with E-state index in [0.717, 1.165) is 18.4 Å². The molecule has 0 spiro atoms. The van der Waals surface area contributed by atoms with Crippen LogP contribution in [0.15, 0.2) is 41.8 Å². The number of amides is 2. The van der Waals surface area contributed by atoms with Crippen LogP contribution in [0.4, 0.5) is 0 Å². The lowest BCUT2D eigenvalue weighted by atomic mass is 10.2. The zero-order chi connectivity index (χ0) is 17.6. The highest BCUT2D eigenvalue weighted by atomic mass is 35.5. The fraction of sp³-hybridized carbons (Fsp3) is 0.368. The van der Waals surface area contributed by atoms with Crippen LogP contribution in [0.5, 0.6) is 0 Å². The summed E-state index contributed by atoms with van der Waals surface area (Å²) < 4.78 is 0. The molecule has 2 heterocycles. The lowest BCUT2D eigenvalue weighted by Gasteiger charge is -2.18. The van der Waals surface area contributed by atoms with Gasteiger partial charge in [-0.1, -0.05) is 35.9 Å². The predicted octanol–water partition coefficient (Wildman–Crippen LogP) is 3.64. The molecule has 25 heavy (non-hydrogen) atoms. The number of aryl methyl sites for hydroxylation is 1. The van der Waals surface area contributed by atoms with Crippen LogP contribution in [0.3, 0.4) is 0 Å². The monoisotopic (exact) mass is 376 g/mol. The average molecular weight is 377 g/mol. The van der Waals surface area contributed by atoms with E-state index >= 15 is 0 Å². The summed E-state index contributed by atoms with van der Waals surface area (Å²) in [5.41, 5.74) is 0.931. The van der Waals surface area contributed by atoms with Crippen molar-refractivity contribution in [1.82, 2.24) is 10.2 Å². The number of thiophene rings is 1. The molecule has 0 bridgehead atoms. The normalized spacial score (nSPS) is 17.1. The summed E-state index contributed by atoms with van der Waals surface area (Å²) in [7, 11) is 0. The van der Waals surface area contributed by atoms with E-state index in [-0.39, 0.29) is 17.9 Å². The topological polar surface area (TPSA) is 49.4 Å². The number of hydrogen-bond acceptors (Lipinski definition) is 3. The third-order valence-electron chi connectivity index (χ3n) is 4.31. The predicted molar refractivity (Wildman–Crippen MR) is 101 cm³/mol. The van der Waals surface area contributed by atoms with Crippen molar-refractivity contribution in [3.05, 3.63) is 57.2 Å². The van der Waals surface area contributed by atoms with Crippen molar-refractivity contribution in [2.24, 2.45) is 0 Å². The Morgan fingerprint density at radius 1 is 1.28 bits per heavy atom. The number of likely N-dealkylation sites (tertiary alicyclic amines) is 1. The second-order valence-corrected chi connectivity index (χ2v) is 7.71. The standard InChI is InChI=1S/C19H21ClN2O2S/c20-17-8-2-1-5-14(17)12-22-13-15(11-19(22)24)21-18(23)9-3-6-16-7-4-10-25-16/h1-2,4-5,7-8,10,15H,3,6,9,11-13H2,(H,21,23)/t15-/m1/s1. The van der Waals surface area contributed by atoms with Gasteiger partial charge in [-0.15, -0.1) is 11.3 Å². The molecule has 0 aliphatic carbocycles. The van der Waals surface area contributed by atoms with E-state index in [4.69, 9.17) is 11.6 Å². The summed E-state index contributed by atoms with van der Waals surface area (Å²) in [5.74, 6) is 0.0813. The number of rotatable bonds is 7. The molecule has 0 unspecified atom stereocenters. The van der Waals surface area contributed by atoms with Crippen LogP contribution in [0.25, 0.3) is 0 Å². The largest absolute Gasteiger partial charge is 0.351 e. The Morgan fingerprint density at radius 2 is 2.12 bits per heavy atom. The van der Waals surface area contributed by atoms with Crippen molar-refractivity contribution in [2.75, 3.05) is 6.54 Å². The number of nitrogens with zero attached hydrogens (tertiary/aromatic N) is 1. The summed E-state index contributed by atoms with van der Waals surface area (Å²) in [5, 5.41) is 5.70. The smallest absolute Gasteiger partial charge is 0.225 e. The fourth-order valence-electron chi connectivity index (χ4n) is 3.03. The summed E-state index contributed by atoms with van der Waals surface area (Å²) in [6.45, 7) is 1.03. The van der Waals surface area contributed by atoms with Crippen LogP contribution >= 0.6 is 22.9 Å². The molecule has 1 aromatic heterocycles. The van der Waals surface area contributed by atoms with E-state index in [9.17, 15) is 9.59 Å². The molecule has 1 fully saturated rings. The third kappa shape index (κ3) is 5.06. The summed E-state index contributed by atoms with van der Waals surface area (Å²) in [6.07, 6.45) is 2.61. The van der Waals surface area contributed by atoms with Crippen LogP contribution in [0.2, 0.25) is 5.02 Å². The molecule has 4 nitrogen and oxygen atoms in total. The lowest BCUT2D eigenvalue weighted by Crippen LogP contribution is -2.36. The van der Waals surface area contributed by atoms with Crippen molar-refractivity contribution >= 4 is 34.8 Å². The first-order valence-electron chi connectivity index (χ1n) is 8.45. The minimum absolute atomic E-state index is 0.0222. The maximum atomic E-state index is 12.2. The number of benzene rings is 1. The molecule has 2 amide bonds. The lowest BCUT2D eigenvalue weighted by molar-refractivity contribution is -0.128. The van der Waals surface area contributed by atoms with Crippen molar-refractivity contribution in [1.29, 1.82) is 0 Å². The van der Waals surface area contributed by atoms with Gasteiger partial charge in [0, 0.05) is 35.8 Å². The molecule has 1 N–H and O–H groups in total. The second kappa shape index (κ2) is 8.50. The van der Waals surface area contributed by atoms with Gasteiger partial charge in [-0.25, -0.2) is 0 Å². The highest BCUT2D eigenvalue weighted by Gasteiger charge is 2.30. The first kappa shape index (κ1) is 18.0. The number of carbonyl (C=O) groups is 2. The molecule has 1 atom stereocenters. The molecule has 1 aromatic carbocycles. The molecule has 132 valence electrons. The minimum Gasteiger partial charge on any atom is -0.351 e. The van der Waals surface area contributed by atoms with Gasteiger partial charge in [-0.2, -0.15) is 0 Å². The van der Waals surface area contributed by atoms with E-state index in [1.807, 2.05) is 35.7 Å². The molecule has 2 aromatic rings. The van der Waals surface area contributed by atoms with E-state index in [1.165, 1.54) is 4.88 Å². The van der Waals surface area contributed by atoms with Gasteiger partial charge in [0.25, 0.3) is 0 Å². The SMILES string of the molecule is O=C(CCCc1cccs1)N[C@@H]1CC(=O)N(Cc2ccccc2Cl)C1. The number of hydrogen-bond donors (Lipinski definition) is 1. The first-order chi connectivity index (χ1) is 12.1. The van der Waals surface area contributed by atoms with Crippen LogP contribution in [0, 0.1) is 0 Å². The molecule has 0 saturated carbocycles. The highest BCUT2D eigenvalue weighted by molar-refractivity contribution is 7.09. The molecular weight excluding hydrogens is 356 g/mol. The number of halogens is 1. The van der Waals surface area contributed by atoms with Gasteiger partial charge in [0.1, 0.15) is 0 Å². The van der Waals surface area contributed by atoms with Crippen molar-refractivity contribution in [2.45, 2.75) is 38.3 Å². The van der Waals surface area contributed by atoms with Gasteiger partial charge in [0.15, 0.2) is 0 Å². The highest BCUT2D eigenvalue weighted by Crippen LogP contribution is 2.21.